The second kappa shape index (κ2) is 5.60. The van der Waals surface area contributed by atoms with Gasteiger partial charge >= 0.3 is 5.97 Å². The van der Waals surface area contributed by atoms with Gasteiger partial charge in [0.15, 0.2) is 0 Å². The molecule has 0 atom stereocenters. The number of carboxylic acid groups (broad SMARTS) is 1. The van der Waals surface area contributed by atoms with Gasteiger partial charge in [-0.15, -0.1) is 0 Å². The van der Waals surface area contributed by atoms with E-state index in [1.165, 1.54) is 0 Å². The van der Waals surface area contributed by atoms with Crippen LogP contribution in [0.3, 0.4) is 0 Å². The lowest BCUT2D eigenvalue weighted by atomic mass is 9.95. The zero-order valence-electron chi connectivity index (χ0n) is 12.5. The van der Waals surface area contributed by atoms with Crippen LogP contribution in [0.1, 0.15) is 19.4 Å². The molecule has 2 rings (SSSR count). The predicted octanol–water partition coefficient (Wildman–Crippen LogP) is 1.84. The minimum Gasteiger partial charge on any atom is -0.478 e. The lowest BCUT2D eigenvalue weighted by Crippen LogP contribution is -2.62. The van der Waals surface area contributed by atoms with Gasteiger partial charge in [0.2, 0.25) is 5.91 Å². The van der Waals surface area contributed by atoms with Crippen molar-refractivity contribution in [1.82, 2.24) is 4.90 Å². The van der Waals surface area contributed by atoms with E-state index in [-0.39, 0.29) is 5.91 Å². The molecule has 1 aromatic carbocycles. The molecular weight excluding hydrogens is 268 g/mol. The van der Waals surface area contributed by atoms with Crippen molar-refractivity contribution in [2.24, 2.45) is 0 Å². The number of hydrogen-bond acceptors (Lipinski definition) is 3. The van der Waals surface area contributed by atoms with E-state index in [0.29, 0.717) is 13.1 Å². The van der Waals surface area contributed by atoms with Gasteiger partial charge < -0.3 is 14.9 Å². The zero-order chi connectivity index (χ0) is 15.6. The number of carboxylic acids is 1. The van der Waals surface area contributed by atoms with E-state index in [9.17, 15) is 9.59 Å². The van der Waals surface area contributed by atoms with E-state index in [1.54, 1.807) is 18.0 Å². The summed E-state index contributed by atoms with van der Waals surface area (Å²) in [7, 11) is 1.80. The summed E-state index contributed by atoms with van der Waals surface area (Å²) in [6, 6.07) is 7.53. The number of aliphatic carboxylic acids is 1. The van der Waals surface area contributed by atoms with Crippen molar-refractivity contribution in [3.05, 3.63) is 35.9 Å². The highest BCUT2D eigenvalue weighted by molar-refractivity contribution is 5.92. The molecule has 0 unspecified atom stereocenters. The fraction of sp³-hybridized carbons (Fsp3) is 0.375. The molecule has 0 aromatic heterocycles. The number of rotatable bonds is 3. The summed E-state index contributed by atoms with van der Waals surface area (Å²) in [4.78, 5) is 26.9. The van der Waals surface area contributed by atoms with Gasteiger partial charge in [0.05, 0.1) is 0 Å². The molecular formula is C16H20N2O3. The highest BCUT2D eigenvalue weighted by atomic mass is 16.4. The summed E-state index contributed by atoms with van der Waals surface area (Å²) >= 11 is 0. The normalized spacial score (nSPS) is 18.3. The Labute approximate surface area is 124 Å². The number of piperazine rings is 1. The van der Waals surface area contributed by atoms with Crippen LogP contribution in [0.2, 0.25) is 0 Å². The maximum Gasteiger partial charge on any atom is 0.328 e. The number of hydrogen-bond donors (Lipinski definition) is 1. The third kappa shape index (κ3) is 2.91. The number of nitrogens with zero attached hydrogens (tertiary/aromatic N) is 2. The van der Waals surface area contributed by atoms with Crippen LogP contribution in [-0.4, -0.2) is 47.6 Å². The number of carbonyl (C=O) groups is 2. The van der Waals surface area contributed by atoms with Crippen molar-refractivity contribution in [2.45, 2.75) is 19.4 Å². The molecule has 0 saturated carbocycles. The Bertz CT molecular complexity index is 593. The van der Waals surface area contributed by atoms with Crippen LogP contribution in [0, 0.1) is 0 Å². The molecule has 1 fully saturated rings. The number of para-hydroxylation sites is 1. The molecule has 5 nitrogen and oxygen atoms in total. The lowest BCUT2D eigenvalue weighted by Gasteiger charge is -2.46. The molecule has 1 N–H and O–H groups in total. The maximum atomic E-state index is 12.4. The van der Waals surface area contributed by atoms with Gasteiger partial charge in [-0.25, -0.2) is 4.79 Å². The minimum absolute atomic E-state index is 0.0609. The van der Waals surface area contributed by atoms with Crippen molar-refractivity contribution in [2.75, 3.05) is 25.0 Å². The molecule has 0 aliphatic carbocycles. The molecule has 1 amide bonds. The largest absolute Gasteiger partial charge is 0.478 e. The molecule has 1 aliphatic rings. The first-order valence-corrected chi connectivity index (χ1v) is 6.87. The minimum atomic E-state index is -0.987. The zero-order valence-corrected chi connectivity index (χ0v) is 12.5. The third-order valence-corrected chi connectivity index (χ3v) is 3.84. The monoisotopic (exact) mass is 288 g/mol. The third-order valence-electron chi connectivity index (χ3n) is 3.84. The van der Waals surface area contributed by atoms with Gasteiger partial charge in [-0.2, -0.15) is 0 Å². The van der Waals surface area contributed by atoms with Crippen LogP contribution in [0.4, 0.5) is 5.69 Å². The Hall–Kier alpha value is -2.30. The van der Waals surface area contributed by atoms with Gasteiger partial charge in [0, 0.05) is 31.9 Å². The van der Waals surface area contributed by atoms with Gasteiger partial charge in [0.1, 0.15) is 5.54 Å². The van der Waals surface area contributed by atoms with Crippen molar-refractivity contribution in [1.29, 1.82) is 0 Å². The Balaban J connectivity index is 2.42. The molecule has 1 aromatic rings. The molecule has 1 aliphatic heterocycles. The fourth-order valence-electron chi connectivity index (χ4n) is 2.67. The molecule has 0 radical (unpaired) electrons. The first-order valence-electron chi connectivity index (χ1n) is 6.87. The predicted molar refractivity (Wildman–Crippen MR) is 82.2 cm³/mol. The smallest absolute Gasteiger partial charge is 0.328 e. The Morgan fingerprint density at radius 3 is 2.62 bits per heavy atom. The average molecular weight is 288 g/mol. The molecule has 112 valence electrons. The number of amides is 1. The maximum absolute atomic E-state index is 12.4. The van der Waals surface area contributed by atoms with Crippen LogP contribution >= 0.6 is 0 Å². The number of benzene rings is 1. The van der Waals surface area contributed by atoms with Crippen LogP contribution in [0.15, 0.2) is 30.3 Å². The summed E-state index contributed by atoms with van der Waals surface area (Å²) in [6.07, 6.45) is 2.68. The van der Waals surface area contributed by atoms with Gasteiger partial charge in [0.25, 0.3) is 0 Å². The highest BCUT2D eigenvalue weighted by Crippen LogP contribution is 2.31. The summed E-state index contributed by atoms with van der Waals surface area (Å²) in [5.74, 6) is -0.927. The van der Waals surface area contributed by atoms with Gasteiger partial charge in [-0.3, -0.25) is 4.79 Å². The first-order chi connectivity index (χ1) is 9.84. The second-order valence-electron chi connectivity index (χ2n) is 5.67. The molecule has 0 spiro atoms. The van der Waals surface area contributed by atoms with Crippen LogP contribution in [-0.2, 0) is 9.59 Å². The molecule has 1 saturated heterocycles. The molecule has 0 bridgehead atoms. The topological polar surface area (TPSA) is 60.9 Å². The Morgan fingerprint density at radius 1 is 1.29 bits per heavy atom. The standard InChI is InChI=1S/C16H20N2O3/c1-16(2)15(21)17(3)10-11-18(16)13-7-5-4-6-12(13)8-9-14(19)20/h4-9H,10-11H2,1-3H3,(H,19,20)/b9-8+. The van der Waals surface area contributed by atoms with Crippen LogP contribution in [0.5, 0.6) is 0 Å². The highest BCUT2D eigenvalue weighted by Gasteiger charge is 2.40. The van der Waals surface area contributed by atoms with E-state index >= 15 is 0 Å². The number of anilines is 1. The summed E-state index contributed by atoms with van der Waals surface area (Å²) in [5, 5.41) is 8.79. The van der Waals surface area contributed by atoms with Crippen molar-refractivity contribution in [3.8, 4) is 0 Å². The summed E-state index contributed by atoms with van der Waals surface area (Å²) in [5.41, 5.74) is 1.02. The summed E-state index contributed by atoms with van der Waals surface area (Å²) in [6.45, 7) is 5.15. The molecule has 21 heavy (non-hydrogen) atoms. The summed E-state index contributed by atoms with van der Waals surface area (Å²) < 4.78 is 0. The Kier molecular flexibility index (Phi) is 4.02. The van der Waals surface area contributed by atoms with Crippen LogP contribution in [0.25, 0.3) is 6.08 Å². The van der Waals surface area contributed by atoms with Crippen molar-refractivity contribution < 1.29 is 14.7 Å². The van der Waals surface area contributed by atoms with E-state index in [0.717, 1.165) is 17.3 Å². The number of likely N-dealkylation sites (N-methyl/N-ethyl adjacent to an activating group) is 1. The van der Waals surface area contributed by atoms with E-state index < -0.39 is 11.5 Å². The van der Waals surface area contributed by atoms with Crippen LogP contribution < -0.4 is 4.90 Å². The second-order valence-corrected chi connectivity index (χ2v) is 5.67. The fourth-order valence-corrected chi connectivity index (χ4v) is 2.67. The van der Waals surface area contributed by atoms with E-state index in [1.807, 2.05) is 43.0 Å². The van der Waals surface area contributed by atoms with Gasteiger partial charge in [-0.05, 0) is 31.6 Å². The quantitative estimate of drug-likeness (QED) is 0.862. The molecule has 5 heteroatoms. The lowest BCUT2D eigenvalue weighted by molar-refractivity contribution is -0.136. The molecule has 1 heterocycles. The Morgan fingerprint density at radius 2 is 1.95 bits per heavy atom. The van der Waals surface area contributed by atoms with E-state index in [2.05, 4.69) is 0 Å². The van der Waals surface area contributed by atoms with Gasteiger partial charge in [-0.1, -0.05) is 18.2 Å². The SMILES string of the molecule is CN1CCN(c2ccccc2/C=C/C(=O)O)C(C)(C)C1=O. The number of carbonyl (C=O) groups excluding carboxylic acids is 1. The van der Waals surface area contributed by atoms with Crippen molar-refractivity contribution in [3.63, 3.8) is 0 Å². The first kappa shape index (κ1) is 15.1. The average Bonchev–Trinajstić information content (AvgIpc) is 2.43. The van der Waals surface area contributed by atoms with E-state index in [4.69, 9.17) is 5.11 Å². The van der Waals surface area contributed by atoms with Crippen molar-refractivity contribution >= 4 is 23.6 Å².